The van der Waals surface area contributed by atoms with Crippen molar-refractivity contribution < 1.29 is 18.3 Å². The molecule has 2 aromatic rings. The summed E-state index contributed by atoms with van der Waals surface area (Å²) in [5.74, 6) is 0.837. The van der Waals surface area contributed by atoms with E-state index >= 15 is 0 Å². The number of alkyl halides is 3. The molecule has 0 aliphatic rings. The highest BCUT2D eigenvalue weighted by Gasteiger charge is 2.16. The van der Waals surface area contributed by atoms with Gasteiger partial charge in [0.05, 0.1) is 12.5 Å². The van der Waals surface area contributed by atoms with Crippen LogP contribution in [0.25, 0.3) is 0 Å². The number of ether oxygens (including phenoxy) is 2. The zero-order chi connectivity index (χ0) is 15.2. The summed E-state index contributed by atoms with van der Waals surface area (Å²) in [5, 5.41) is -0.466. The topological polar surface area (TPSA) is 18.5 Å². The third-order valence-electron chi connectivity index (χ3n) is 3.02. The van der Waals surface area contributed by atoms with Gasteiger partial charge in [-0.05, 0) is 30.2 Å². The zero-order valence-corrected chi connectivity index (χ0v) is 12.2. The van der Waals surface area contributed by atoms with E-state index in [-0.39, 0.29) is 5.75 Å². The Morgan fingerprint density at radius 3 is 2.57 bits per heavy atom. The molecule has 0 saturated heterocycles. The van der Waals surface area contributed by atoms with Gasteiger partial charge in [-0.3, -0.25) is 0 Å². The summed E-state index contributed by atoms with van der Waals surface area (Å²) >= 11 is 6.36. The van der Waals surface area contributed by atoms with Crippen molar-refractivity contribution in [1.82, 2.24) is 0 Å². The molecular weight excluding hydrogens is 298 g/mol. The van der Waals surface area contributed by atoms with Crippen molar-refractivity contribution in [2.24, 2.45) is 0 Å². The minimum atomic E-state index is -2.87. The third kappa shape index (κ3) is 4.33. The zero-order valence-electron chi connectivity index (χ0n) is 11.4. The van der Waals surface area contributed by atoms with Crippen LogP contribution in [0.4, 0.5) is 8.78 Å². The fraction of sp³-hybridized carbons (Fsp3) is 0.250. The molecule has 112 valence electrons. The maximum atomic E-state index is 12.4. The van der Waals surface area contributed by atoms with E-state index in [1.165, 1.54) is 6.07 Å². The number of rotatable bonds is 6. The first-order valence-corrected chi connectivity index (χ1v) is 6.84. The fourth-order valence-corrected chi connectivity index (χ4v) is 2.42. The maximum Gasteiger partial charge on any atom is 0.387 e. The second kappa shape index (κ2) is 7.27. The Bertz CT molecular complexity index is 590. The van der Waals surface area contributed by atoms with Crippen LogP contribution < -0.4 is 9.47 Å². The van der Waals surface area contributed by atoms with Gasteiger partial charge in [0.1, 0.15) is 11.5 Å². The summed E-state index contributed by atoms with van der Waals surface area (Å²) in [6.45, 7) is -2.87. The van der Waals surface area contributed by atoms with Crippen LogP contribution >= 0.6 is 11.6 Å². The van der Waals surface area contributed by atoms with Crippen molar-refractivity contribution in [3.05, 3.63) is 59.7 Å². The fourth-order valence-electron chi connectivity index (χ4n) is 2.06. The molecule has 0 bridgehead atoms. The Hall–Kier alpha value is -1.81. The van der Waals surface area contributed by atoms with E-state index in [0.29, 0.717) is 12.0 Å². The summed E-state index contributed by atoms with van der Waals surface area (Å²) in [7, 11) is 1.59. The number of halogens is 3. The average molecular weight is 313 g/mol. The third-order valence-corrected chi connectivity index (χ3v) is 3.41. The van der Waals surface area contributed by atoms with Crippen LogP contribution in [0.5, 0.6) is 11.5 Å². The highest BCUT2D eigenvalue weighted by atomic mass is 35.5. The van der Waals surface area contributed by atoms with Crippen LogP contribution in [0, 0.1) is 0 Å². The Morgan fingerprint density at radius 1 is 1.10 bits per heavy atom. The predicted molar refractivity (Wildman–Crippen MR) is 78.4 cm³/mol. The number of hydrogen-bond acceptors (Lipinski definition) is 2. The number of benzene rings is 2. The van der Waals surface area contributed by atoms with E-state index in [0.717, 1.165) is 11.3 Å². The monoisotopic (exact) mass is 312 g/mol. The van der Waals surface area contributed by atoms with Gasteiger partial charge >= 0.3 is 6.61 Å². The second-order valence-electron chi connectivity index (χ2n) is 4.44. The van der Waals surface area contributed by atoms with Crippen molar-refractivity contribution in [2.75, 3.05) is 7.11 Å². The summed E-state index contributed by atoms with van der Waals surface area (Å²) < 4.78 is 34.5. The summed E-state index contributed by atoms with van der Waals surface area (Å²) in [6, 6.07) is 14.0. The number of methoxy groups -OCH3 is 1. The highest BCUT2D eigenvalue weighted by Crippen LogP contribution is 2.33. The first-order chi connectivity index (χ1) is 10.1. The van der Waals surface area contributed by atoms with Gasteiger partial charge in [0, 0.05) is 5.56 Å². The molecule has 0 spiro atoms. The lowest BCUT2D eigenvalue weighted by molar-refractivity contribution is -0.0504. The van der Waals surface area contributed by atoms with Crippen LogP contribution in [-0.2, 0) is 6.42 Å². The Labute approximate surface area is 127 Å². The molecule has 0 fully saturated rings. The molecule has 2 rings (SSSR count). The van der Waals surface area contributed by atoms with E-state index in [2.05, 4.69) is 4.74 Å². The Kier molecular flexibility index (Phi) is 5.39. The van der Waals surface area contributed by atoms with E-state index in [1.807, 2.05) is 24.3 Å². The lowest BCUT2D eigenvalue weighted by Gasteiger charge is -2.15. The molecule has 0 amide bonds. The van der Waals surface area contributed by atoms with Crippen molar-refractivity contribution in [3.8, 4) is 11.5 Å². The quantitative estimate of drug-likeness (QED) is 0.712. The molecule has 0 aliphatic carbocycles. The lowest BCUT2D eigenvalue weighted by atomic mass is 10.0. The van der Waals surface area contributed by atoms with Crippen molar-refractivity contribution in [2.45, 2.75) is 18.4 Å². The normalized spacial score (nSPS) is 12.2. The van der Waals surface area contributed by atoms with E-state index in [4.69, 9.17) is 16.3 Å². The largest absolute Gasteiger partial charge is 0.497 e. The van der Waals surface area contributed by atoms with Gasteiger partial charge in [-0.25, -0.2) is 0 Å². The Morgan fingerprint density at radius 2 is 1.86 bits per heavy atom. The molecule has 0 aliphatic heterocycles. The molecule has 0 aromatic heterocycles. The standard InChI is InChI=1S/C16H15ClF2O2/c1-20-12-6-4-5-11(9-12)10-14(17)13-7-2-3-8-15(13)21-16(18)19/h2-9,14,16H,10H2,1H3. The number of hydrogen-bond donors (Lipinski definition) is 0. The van der Waals surface area contributed by atoms with Gasteiger partial charge in [0.25, 0.3) is 0 Å². The van der Waals surface area contributed by atoms with Crippen LogP contribution in [0.1, 0.15) is 16.5 Å². The number of para-hydroxylation sites is 1. The molecule has 0 heterocycles. The molecular formula is C16H15ClF2O2. The Balaban J connectivity index is 2.17. The lowest BCUT2D eigenvalue weighted by Crippen LogP contribution is -2.06. The first-order valence-electron chi connectivity index (χ1n) is 6.41. The van der Waals surface area contributed by atoms with Gasteiger partial charge in [-0.1, -0.05) is 30.3 Å². The summed E-state index contributed by atoms with van der Waals surface area (Å²) in [6.07, 6.45) is 0.488. The van der Waals surface area contributed by atoms with E-state index in [1.54, 1.807) is 25.3 Å². The maximum absolute atomic E-state index is 12.4. The van der Waals surface area contributed by atoms with E-state index in [9.17, 15) is 8.78 Å². The molecule has 5 heteroatoms. The minimum absolute atomic E-state index is 0.107. The van der Waals surface area contributed by atoms with E-state index < -0.39 is 12.0 Å². The molecule has 1 unspecified atom stereocenters. The van der Waals surface area contributed by atoms with Crippen molar-refractivity contribution in [3.63, 3.8) is 0 Å². The molecule has 2 nitrogen and oxygen atoms in total. The molecule has 0 N–H and O–H groups in total. The van der Waals surface area contributed by atoms with Crippen molar-refractivity contribution >= 4 is 11.6 Å². The molecule has 21 heavy (non-hydrogen) atoms. The first kappa shape index (κ1) is 15.6. The van der Waals surface area contributed by atoms with Crippen LogP contribution in [0.15, 0.2) is 48.5 Å². The molecule has 0 saturated carbocycles. The second-order valence-corrected chi connectivity index (χ2v) is 4.97. The van der Waals surface area contributed by atoms with Gasteiger partial charge in [0.15, 0.2) is 0 Å². The highest BCUT2D eigenvalue weighted by molar-refractivity contribution is 6.21. The molecule has 1 atom stereocenters. The molecule has 2 aromatic carbocycles. The average Bonchev–Trinajstić information content (AvgIpc) is 2.47. The smallest absolute Gasteiger partial charge is 0.387 e. The molecule has 0 radical (unpaired) electrons. The minimum Gasteiger partial charge on any atom is -0.497 e. The van der Waals surface area contributed by atoms with Crippen LogP contribution in [0.2, 0.25) is 0 Å². The summed E-state index contributed by atoms with van der Waals surface area (Å²) in [4.78, 5) is 0. The van der Waals surface area contributed by atoms with Crippen molar-refractivity contribution in [1.29, 1.82) is 0 Å². The van der Waals surface area contributed by atoms with Gasteiger partial charge in [0.2, 0.25) is 0 Å². The van der Waals surface area contributed by atoms with Gasteiger partial charge in [-0.2, -0.15) is 8.78 Å². The predicted octanol–water partition coefficient (Wildman–Crippen LogP) is 4.82. The summed E-state index contributed by atoms with van der Waals surface area (Å²) in [5.41, 5.74) is 1.50. The van der Waals surface area contributed by atoms with Gasteiger partial charge in [-0.15, -0.1) is 11.6 Å². The SMILES string of the molecule is COc1cccc(CC(Cl)c2ccccc2OC(F)F)c1. The van der Waals surface area contributed by atoms with Crippen LogP contribution in [0.3, 0.4) is 0 Å². The van der Waals surface area contributed by atoms with Gasteiger partial charge < -0.3 is 9.47 Å². The van der Waals surface area contributed by atoms with Crippen LogP contribution in [-0.4, -0.2) is 13.7 Å².